The molecule has 1 atom stereocenters. The first-order chi connectivity index (χ1) is 9.63. The van der Waals surface area contributed by atoms with E-state index in [4.69, 9.17) is 10.5 Å². The van der Waals surface area contributed by atoms with Gasteiger partial charge in [0, 0.05) is 31.2 Å². The van der Waals surface area contributed by atoms with Crippen molar-refractivity contribution in [2.45, 2.75) is 32.0 Å². The van der Waals surface area contributed by atoms with E-state index in [9.17, 15) is 0 Å². The Morgan fingerprint density at radius 1 is 1.40 bits per heavy atom. The number of likely N-dealkylation sites (tertiary alicyclic amines) is 1. The maximum atomic E-state index is 5.80. The molecule has 112 valence electrons. The largest absolute Gasteiger partial charge is 0.496 e. The molecule has 4 nitrogen and oxygen atoms in total. The third kappa shape index (κ3) is 3.72. The third-order valence-electron chi connectivity index (χ3n) is 4.03. The highest BCUT2D eigenvalue weighted by Gasteiger charge is 2.24. The lowest BCUT2D eigenvalue weighted by molar-refractivity contribution is 0.201. The second-order valence-electron chi connectivity index (χ2n) is 5.88. The average molecular weight is 277 g/mol. The molecule has 0 saturated carbocycles. The van der Waals surface area contributed by atoms with Crippen LogP contribution in [0.3, 0.4) is 0 Å². The fourth-order valence-electron chi connectivity index (χ4n) is 3.06. The van der Waals surface area contributed by atoms with Crippen molar-refractivity contribution in [2.24, 2.45) is 5.73 Å². The maximum absolute atomic E-state index is 5.80. The number of hydrogen-bond acceptors (Lipinski definition) is 4. The van der Waals surface area contributed by atoms with Crippen LogP contribution in [-0.2, 0) is 13.1 Å². The third-order valence-corrected chi connectivity index (χ3v) is 4.03. The minimum absolute atomic E-state index is 0.526. The molecule has 4 heteroatoms. The van der Waals surface area contributed by atoms with Crippen molar-refractivity contribution in [1.29, 1.82) is 0 Å². The van der Waals surface area contributed by atoms with Gasteiger partial charge in [-0.25, -0.2) is 0 Å². The minimum Gasteiger partial charge on any atom is -0.496 e. The number of ether oxygens (including phenoxy) is 1. The molecule has 1 aromatic rings. The summed E-state index contributed by atoms with van der Waals surface area (Å²) in [6.07, 6.45) is 2.61. The Kier molecular flexibility index (Phi) is 5.40. The van der Waals surface area contributed by atoms with Crippen LogP contribution in [0.25, 0.3) is 0 Å². The lowest BCUT2D eigenvalue weighted by Crippen LogP contribution is -2.37. The first-order valence-corrected chi connectivity index (χ1v) is 7.38. The Hall–Kier alpha value is -1.10. The van der Waals surface area contributed by atoms with Gasteiger partial charge in [-0.1, -0.05) is 6.07 Å². The molecule has 1 aromatic carbocycles. The molecule has 0 aromatic heterocycles. The standard InChI is InChI=1S/C16H27N3O/c1-18(2)12-15-5-4-8-19(15)11-13-6-7-16(20-3)14(9-13)10-17/h6-7,9,15H,4-5,8,10-12,17H2,1-3H3. The predicted molar refractivity (Wildman–Crippen MR) is 82.9 cm³/mol. The number of nitrogens with two attached hydrogens (primary N) is 1. The predicted octanol–water partition coefficient (Wildman–Crippen LogP) is 1.68. The zero-order valence-electron chi connectivity index (χ0n) is 12.9. The number of likely N-dealkylation sites (N-methyl/N-ethyl adjacent to an activating group) is 1. The molecule has 1 heterocycles. The van der Waals surface area contributed by atoms with Gasteiger partial charge < -0.3 is 15.4 Å². The van der Waals surface area contributed by atoms with Crippen molar-refractivity contribution < 1.29 is 4.74 Å². The van der Waals surface area contributed by atoms with Crippen molar-refractivity contribution >= 4 is 0 Å². The molecule has 0 aliphatic carbocycles. The molecular weight excluding hydrogens is 250 g/mol. The van der Waals surface area contributed by atoms with Crippen molar-refractivity contribution in [2.75, 3.05) is 34.3 Å². The van der Waals surface area contributed by atoms with Gasteiger partial charge >= 0.3 is 0 Å². The fraction of sp³-hybridized carbons (Fsp3) is 0.625. The summed E-state index contributed by atoms with van der Waals surface area (Å²) in [6, 6.07) is 7.05. The van der Waals surface area contributed by atoms with Crippen molar-refractivity contribution in [3.05, 3.63) is 29.3 Å². The highest BCUT2D eigenvalue weighted by molar-refractivity contribution is 5.37. The average Bonchev–Trinajstić information content (AvgIpc) is 2.85. The van der Waals surface area contributed by atoms with Gasteiger partial charge in [0.1, 0.15) is 5.75 Å². The van der Waals surface area contributed by atoms with Crippen LogP contribution in [0.1, 0.15) is 24.0 Å². The zero-order valence-corrected chi connectivity index (χ0v) is 12.9. The van der Waals surface area contributed by atoms with E-state index in [0.29, 0.717) is 12.6 Å². The Morgan fingerprint density at radius 3 is 2.85 bits per heavy atom. The van der Waals surface area contributed by atoms with Gasteiger partial charge in [0.2, 0.25) is 0 Å². The summed E-state index contributed by atoms with van der Waals surface area (Å²) in [5.41, 5.74) is 8.22. The molecule has 20 heavy (non-hydrogen) atoms. The van der Waals surface area contributed by atoms with Crippen LogP contribution in [0, 0.1) is 0 Å². The van der Waals surface area contributed by atoms with Crippen LogP contribution in [0.5, 0.6) is 5.75 Å². The van der Waals surface area contributed by atoms with Crippen LogP contribution in [0.15, 0.2) is 18.2 Å². The van der Waals surface area contributed by atoms with E-state index in [1.54, 1.807) is 7.11 Å². The molecule has 1 fully saturated rings. The first-order valence-electron chi connectivity index (χ1n) is 7.38. The van der Waals surface area contributed by atoms with Gasteiger partial charge in [-0.15, -0.1) is 0 Å². The number of hydrogen-bond donors (Lipinski definition) is 1. The van der Waals surface area contributed by atoms with Crippen LogP contribution < -0.4 is 10.5 Å². The quantitative estimate of drug-likeness (QED) is 0.859. The Morgan fingerprint density at radius 2 is 2.20 bits per heavy atom. The van der Waals surface area contributed by atoms with Crippen molar-refractivity contribution in [3.63, 3.8) is 0 Å². The highest BCUT2D eigenvalue weighted by atomic mass is 16.5. The molecule has 1 unspecified atom stereocenters. The van der Waals surface area contributed by atoms with Crippen LogP contribution >= 0.6 is 0 Å². The summed E-state index contributed by atoms with van der Waals surface area (Å²) < 4.78 is 5.33. The number of rotatable bonds is 6. The van der Waals surface area contributed by atoms with E-state index < -0.39 is 0 Å². The lowest BCUT2D eigenvalue weighted by Gasteiger charge is -2.27. The van der Waals surface area contributed by atoms with Gasteiger partial charge in [-0.05, 0) is 51.2 Å². The zero-order chi connectivity index (χ0) is 14.5. The Labute approximate surface area is 122 Å². The van der Waals surface area contributed by atoms with Crippen LogP contribution in [-0.4, -0.2) is 50.1 Å². The monoisotopic (exact) mass is 277 g/mol. The van der Waals surface area contributed by atoms with E-state index in [0.717, 1.165) is 24.4 Å². The SMILES string of the molecule is COc1ccc(CN2CCCC2CN(C)C)cc1CN. The van der Waals surface area contributed by atoms with E-state index >= 15 is 0 Å². The van der Waals surface area contributed by atoms with Gasteiger partial charge in [0.05, 0.1) is 7.11 Å². The first kappa shape index (κ1) is 15.3. The molecule has 0 bridgehead atoms. The Balaban J connectivity index is 2.05. The molecular formula is C16H27N3O. The van der Waals surface area contributed by atoms with Crippen LogP contribution in [0.4, 0.5) is 0 Å². The van der Waals surface area contributed by atoms with Gasteiger partial charge in [0.15, 0.2) is 0 Å². The van der Waals surface area contributed by atoms with Crippen molar-refractivity contribution in [3.8, 4) is 5.75 Å². The summed E-state index contributed by atoms with van der Waals surface area (Å²) in [4.78, 5) is 4.87. The van der Waals surface area contributed by atoms with Gasteiger partial charge in [-0.3, -0.25) is 4.90 Å². The fourth-order valence-corrected chi connectivity index (χ4v) is 3.06. The molecule has 1 aliphatic heterocycles. The van der Waals surface area contributed by atoms with E-state index in [1.165, 1.54) is 24.9 Å². The molecule has 2 rings (SSSR count). The normalized spacial score (nSPS) is 19.8. The van der Waals surface area contributed by atoms with Gasteiger partial charge in [0.25, 0.3) is 0 Å². The second-order valence-corrected chi connectivity index (χ2v) is 5.88. The molecule has 1 saturated heterocycles. The van der Waals surface area contributed by atoms with E-state index in [-0.39, 0.29) is 0 Å². The molecule has 0 spiro atoms. The maximum Gasteiger partial charge on any atom is 0.123 e. The number of methoxy groups -OCH3 is 1. The molecule has 0 radical (unpaired) electrons. The smallest absolute Gasteiger partial charge is 0.123 e. The molecule has 0 amide bonds. The van der Waals surface area contributed by atoms with E-state index in [1.807, 2.05) is 6.07 Å². The summed E-state index contributed by atoms with van der Waals surface area (Å²) in [7, 11) is 5.99. The lowest BCUT2D eigenvalue weighted by atomic mass is 10.1. The summed E-state index contributed by atoms with van der Waals surface area (Å²) in [5, 5.41) is 0. The second kappa shape index (κ2) is 7.07. The van der Waals surface area contributed by atoms with Crippen LogP contribution in [0.2, 0.25) is 0 Å². The molecule has 2 N–H and O–H groups in total. The highest BCUT2D eigenvalue weighted by Crippen LogP contribution is 2.24. The van der Waals surface area contributed by atoms with Gasteiger partial charge in [-0.2, -0.15) is 0 Å². The number of benzene rings is 1. The summed E-state index contributed by atoms with van der Waals surface area (Å²) in [5.74, 6) is 0.891. The summed E-state index contributed by atoms with van der Waals surface area (Å²) in [6.45, 7) is 3.87. The number of nitrogens with zero attached hydrogens (tertiary/aromatic N) is 2. The van der Waals surface area contributed by atoms with Crippen molar-refractivity contribution in [1.82, 2.24) is 9.80 Å². The Bertz CT molecular complexity index is 434. The summed E-state index contributed by atoms with van der Waals surface area (Å²) >= 11 is 0. The van der Waals surface area contributed by atoms with E-state index in [2.05, 4.69) is 36.0 Å². The molecule has 1 aliphatic rings. The minimum atomic E-state index is 0.526. The topological polar surface area (TPSA) is 41.7 Å².